The molecule has 0 spiro atoms. The predicted molar refractivity (Wildman–Crippen MR) is 113 cm³/mol. The number of likely N-dealkylation sites (tertiary alicyclic amines) is 1. The third-order valence-corrected chi connectivity index (χ3v) is 5.89. The fourth-order valence-electron chi connectivity index (χ4n) is 4.33. The molecule has 2 heterocycles. The zero-order chi connectivity index (χ0) is 20.1. The highest BCUT2D eigenvalue weighted by Gasteiger charge is 2.30. The van der Waals surface area contributed by atoms with E-state index in [1.807, 2.05) is 36.4 Å². The number of rotatable bonds is 5. The van der Waals surface area contributed by atoms with Crippen LogP contribution in [0, 0.1) is 5.92 Å². The molecule has 0 radical (unpaired) electrons. The van der Waals surface area contributed by atoms with Crippen molar-refractivity contribution >= 4 is 11.7 Å². The molecule has 2 aliphatic rings. The first-order chi connectivity index (χ1) is 14.2. The second-order valence-corrected chi connectivity index (χ2v) is 7.90. The van der Waals surface area contributed by atoms with E-state index in [0.717, 1.165) is 49.3 Å². The molecule has 2 aromatic rings. The van der Waals surface area contributed by atoms with Crippen molar-refractivity contribution in [2.24, 2.45) is 5.92 Å². The van der Waals surface area contributed by atoms with Crippen LogP contribution in [0.3, 0.4) is 0 Å². The fraction of sp³-hybridized carbons (Fsp3) is 0.435. The number of piperidine rings is 1. The second kappa shape index (κ2) is 9.39. The highest BCUT2D eigenvalue weighted by molar-refractivity contribution is 5.90. The van der Waals surface area contributed by atoms with Gasteiger partial charge in [0.15, 0.2) is 0 Å². The van der Waals surface area contributed by atoms with Gasteiger partial charge >= 0.3 is 6.03 Å². The molecule has 0 unspecified atom stereocenters. The number of nitrogens with zero attached hydrogens (tertiary/aromatic N) is 1. The van der Waals surface area contributed by atoms with E-state index in [0.29, 0.717) is 13.2 Å². The number of urea groups is 1. The standard InChI is InChI=1S/C23H29N3O3/c27-15-19-14-26(13-17-5-2-1-3-6-17)11-9-21(19)24-23(28)25-22-8-4-7-18-16-29-12-10-20(18)22/h1-8,19,21,27H,9-16H2,(H2,24,25,28)/t19-,21+/m0/s1. The predicted octanol–water partition coefficient (Wildman–Crippen LogP) is 2.76. The van der Waals surface area contributed by atoms with E-state index in [4.69, 9.17) is 4.74 Å². The maximum atomic E-state index is 12.7. The Balaban J connectivity index is 1.34. The van der Waals surface area contributed by atoms with E-state index in [1.54, 1.807) is 0 Å². The van der Waals surface area contributed by atoms with Crippen LogP contribution in [-0.4, -0.2) is 48.4 Å². The van der Waals surface area contributed by atoms with Gasteiger partial charge in [0.25, 0.3) is 0 Å². The molecule has 0 bridgehead atoms. The van der Waals surface area contributed by atoms with Gasteiger partial charge in [-0.05, 0) is 35.6 Å². The Morgan fingerprint density at radius 2 is 2.03 bits per heavy atom. The van der Waals surface area contributed by atoms with Crippen molar-refractivity contribution in [1.29, 1.82) is 0 Å². The van der Waals surface area contributed by atoms with Crippen LogP contribution in [-0.2, 0) is 24.3 Å². The first kappa shape index (κ1) is 19.9. The number of amides is 2. The summed E-state index contributed by atoms with van der Waals surface area (Å²) in [4.78, 5) is 15.0. The summed E-state index contributed by atoms with van der Waals surface area (Å²) in [7, 11) is 0. The minimum Gasteiger partial charge on any atom is -0.396 e. The van der Waals surface area contributed by atoms with Gasteiger partial charge in [0.2, 0.25) is 0 Å². The average molecular weight is 396 g/mol. The van der Waals surface area contributed by atoms with E-state index >= 15 is 0 Å². The van der Waals surface area contributed by atoms with Gasteiger partial charge in [-0.25, -0.2) is 4.79 Å². The van der Waals surface area contributed by atoms with Crippen LogP contribution in [0.2, 0.25) is 0 Å². The lowest BCUT2D eigenvalue weighted by atomic mass is 9.92. The van der Waals surface area contributed by atoms with Gasteiger partial charge < -0.3 is 20.5 Å². The number of hydrogen-bond donors (Lipinski definition) is 3. The SMILES string of the molecule is O=C(Nc1cccc2c1CCOC2)N[C@@H]1CCN(Cc2ccccc2)C[C@H]1CO. The third-order valence-electron chi connectivity index (χ3n) is 5.89. The van der Waals surface area contributed by atoms with Crippen LogP contribution in [0.1, 0.15) is 23.1 Å². The van der Waals surface area contributed by atoms with Gasteiger partial charge in [-0.1, -0.05) is 42.5 Å². The van der Waals surface area contributed by atoms with Crippen molar-refractivity contribution < 1.29 is 14.6 Å². The molecule has 29 heavy (non-hydrogen) atoms. The quantitative estimate of drug-likeness (QED) is 0.728. The van der Waals surface area contributed by atoms with Crippen molar-refractivity contribution in [3.05, 3.63) is 65.2 Å². The number of benzene rings is 2. The summed E-state index contributed by atoms with van der Waals surface area (Å²) < 4.78 is 5.50. The summed E-state index contributed by atoms with van der Waals surface area (Å²) in [6, 6.07) is 16.1. The molecule has 3 N–H and O–H groups in total. The minimum atomic E-state index is -0.204. The molecule has 0 aromatic heterocycles. The minimum absolute atomic E-state index is 0.0244. The van der Waals surface area contributed by atoms with Crippen molar-refractivity contribution in [2.75, 3.05) is 31.6 Å². The Labute approximate surface area is 171 Å². The number of aliphatic hydroxyl groups is 1. The molecule has 6 heteroatoms. The normalized spacial score (nSPS) is 22.0. The molecule has 154 valence electrons. The van der Waals surface area contributed by atoms with E-state index in [-0.39, 0.29) is 24.6 Å². The Hall–Kier alpha value is -2.41. The maximum absolute atomic E-state index is 12.7. The van der Waals surface area contributed by atoms with Gasteiger partial charge in [-0.2, -0.15) is 0 Å². The molecule has 4 rings (SSSR count). The summed E-state index contributed by atoms with van der Waals surface area (Å²) >= 11 is 0. The van der Waals surface area contributed by atoms with Crippen molar-refractivity contribution in [3.63, 3.8) is 0 Å². The first-order valence-corrected chi connectivity index (χ1v) is 10.4. The van der Waals surface area contributed by atoms with Gasteiger partial charge in [0.1, 0.15) is 0 Å². The summed E-state index contributed by atoms with van der Waals surface area (Å²) in [6.07, 6.45) is 1.63. The number of aliphatic hydroxyl groups excluding tert-OH is 1. The molecular weight excluding hydrogens is 366 g/mol. The van der Waals surface area contributed by atoms with Crippen LogP contribution in [0.15, 0.2) is 48.5 Å². The summed E-state index contributed by atoms with van der Waals surface area (Å²) in [5, 5.41) is 16.0. The zero-order valence-electron chi connectivity index (χ0n) is 16.6. The number of ether oxygens (including phenoxy) is 1. The average Bonchev–Trinajstić information content (AvgIpc) is 2.76. The van der Waals surface area contributed by atoms with E-state index in [9.17, 15) is 9.90 Å². The molecule has 2 atom stereocenters. The van der Waals surface area contributed by atoms with Crippen molar-refractivity contribution in [3.8, 4) is 0 Å². The molecule has 1 fully saturated rings. The van der Waals surface area contributed by atoms with Crippen molar-refractivity contribution in [1.82, 2.24) is 10.2 Å². The first-order valence-electron chi connectivity index (χ1n) is 10.4. The number of nitrogens with one attached hydrogen (secondary N) is 2. The largest absolute Gasteiger partial charge is 0.396 e. The van der Waals surface area contributed by atoms with Crippen LogP contribution in [0.5, 0.6) is 0 Å². The van der Waals surface area contributed by atoms with Crippen LogP contribution in [0.4, 0.5) is 10.5 Å². The maximum Gasteiger partial charge on any atom is 0.319 e. The van der Waals surface area contributed by atoms with Gasteiger partial charge in [-0.15, -0.1) is 0 Å². The number of carbonyl (C=O) groups excluding carboxylic acids is 1. The van der Waals surface area contributed by atoms with Gasteiger partial charge in [0, 0.05) is 43.9 Å². The number of anilines is 1. The monoisotopic (exact) mass is 395 g/mol. The molecule has 2 aromatic carbocycles. The number of hydrogen-bond acceptors (Lipinski definition) is 4. The number of fused-ring (bicyclic) bond motifs is 1. The molecule has 2 aliphatic heterocycles. The van der Waals surface area contributed by atoms with Crippen LogP contribution < -0.4 is 10.6 Å². The van der Waals surface area contributed by atoms with Crippen molar-refractivity contribution in [2.45, 2.75) is 32.0 Å². The smallest absolute Gasteiger partial charge is 0.319 e. The van der Waals surface area contributed by atoms with E-state index in [1.165, 1.54) is 5.56 Å². The molecular formula is C23H29N3O3. The Morgan fingerprint density at radius 1 is 1.17 bits per heavy atom. The highest BCUT2D eigenvalue weighted by atomic mass is 16.5. The lowest BCUT2D eigenvalue weighted by Gasteiger charge is -2.38. The highest BCUT2D eigenvalue weighted by Crippen LogP contribution is 2.25. The molecule has 2 amide bonds. The third kappa shape index (κ3) is 4.96. The van der Waals surface area contributed by atoms with Crippen LogP contribution >= 0.6 is 0 Å². The fourth-order valence-corrected chi connectivity index (χ4v) is 4.33. The lowest BCUT2D eigenvalue weighted by Crippen LogP contribution is -2.52. The Bertz CT molecular complexity index is 827. The second-order valence-electron chi connectivity index (χ2n) is 7.90. The Kier molecular flexibility index (Phi) is 6.44. The molecule has 1 saturated heterocycles. The summed E-state index contributed by atoms with van der Waals surface area (Å²) in [6.45, 7) is 3.88. The topological polar surface area (TPSA) is 73.8 Å². The summed E-state index contributed by atoms with van der Waals surface area (Å²) in [5.41, 5.74) is 4.42. The summed E-state index contributed by atoms with van der Waals surface area (Å²) in [5.74, 6) is 0.0244. The molecule has 6 nitrogen and oxygen atoms in total. The number of carbonyl (C=O) groups is 1. The molecule has 0 saturated carbocycles. The van der Waals surface area contributed by atoms with E-state index in [2.05, 4.69) is 27.7 Å². The Morgan fingerprint density at radius 3 is 2.86 bits per heavy atom. The van der Waals surface area contributed by atoms with Gasteiger partial charge in [0.05, 0.1) is 13.2 Å². The van der Waals surface area contributed by atoms with Crippen LogP contribution in [0.25, 0.3) is 0 Å². The van der Waals surface area contributed by atoms with Gasteiger partial charge in [-0.3, -0.25) is 4.90 Å². The zero-order valence-corrected chi connectivity index (χ0v) is 16.6. The van der Waals surface area contributed by atoms with E-state index < -0.39 is 0 Å². The lowest BCUT2D eigenvalue weighted by molar-refractivity contribution is 0.0894. The molecule has 0 aliphatic carbocycles.